The van der Waals surface area contributed by atoms with Crippen molar-refractivity contribution < 1.29 is 4.39 Å². The number of likely N-dealkylation sites (tertiary alicyclic amines) is 1. The number of allylic oxidation sites excluding steroid dienone is 4. The van der Waals surface area contributed by atoms with E-state index in [1.54, 1.807) is 18.2 Å². The Balaban J connectivity index is 1.34. The van der Waals surface area contributed by atoms with Gasteiger partial charge in [-0.3, -0.25) is 10.1 Å². The number of nitrogens with zero attached hydrogens (tertiary/aromatic N) is 3. The first kappa shape index (κ1) is 28.2. The second-order valence-corrected chi connectivity index (χ2v) is 10.8. The summed E-state index contributed by atoms with van der Waals surface area (Å²) in [4.78, 5) is 10.5. The van der Waals surface area contributed by atoms with Gasteiger partial charge in [-0.25, -0.2) is 4.39 Å². The van der Waals surface area contributed by atoms with Crippen LogP contribution in [0.1, 0.15) is 54.1 Å². The second-order valence-electron chi connectivity index (χ2n) is 10.8. The molecule has 0 spiro atoms. The van der Waals surface area contributed by atoms with Crippen molar-refractivity contribution in [1.29, 1.82) is 0 Å². The van der Waals surface area contributed by atoms with Gasteiger partial charge in [0, 0.05) is 28.9 Å². The van der Waals surface area contributed by atoms with Gasteiger partial charge in [0.2, 0.25) is 0 Å². The van der Waals surface area contributed by atoms with Crippen molar-refractivity contribution in [3.63, 3.8) is 0 Å². The third kappa shape index (κ3) is 6.72. The van der Waals surface area contributed by atoms with E-state index in [0.29, 0.717) is 0 Å². The van der Waals surface area contributed by atoms with E-state index in [0.717, 1.165) is 68.3 Å². The summed E-state index contributed by atoms with van der Waals surface area (Å²) >= 11 is 0. The van der Waals surface area contributed by atoms with Crippen LogP contribution in [-0.2, 0) is 6.42 Å². The van der Waals surface area contributed by atoms with Crippen LogP contribution in [0.5, 0.6) is 0 Å². The summed E-state index contributed by atoms with van der Waals surface area (Å²) in [6.45, 7) is 16.0. The Labute approximate surface area is 241 Å². The molecule has 6 heteroatoms. The highest BCUT2D eigenvalue weighted by molar-refractivity contribution is 5.84. The van der Waals surface area contributed by atoms with Gasteiger partial charge in [-0.1, -0.05) is 43.5 Å². The lowest BCUT2D eigenvalue weighted by molar-refractivity contribution is 0.334. The lowest BCUT2D eigenvalue weighted by Gasteiger charge is -2.14. The molecule has 1 fully saturated rings. The van der Waals surface area contributed by atoms with Gasteiger partial charge in [-0.15, -0.1) is 0 Å². The zero-order valence-electron chi connectivity index (χ0n) is 24.0. The highest BCUT2D eigenvalue weighted by Gasteiger charge is 2.15. The third-order valence-corrected chi connectivity index (χ3v) is 7.79. The predicted octanol–water partition coefficient (Wildman–Crippen LogP) is 6.19. The van der Waals surface area contributed by atoms with Crippen molar-refractivity contribution in [2.75, 3.05) is 19.6 Å². The van der Waals surface area contributed by atoms with E-state index < -0.39 is 0 Å². The topological polar surface area (TPSA) is 60.6 Å². The molecular formula is C35H38FN5. The van der Waals surface area contributed by atoms with Gasteiger partial charge >= 0.3 is 0 Å². The Hall–Kier alpha value is -4.29. The minimum Gasteiger partial charge on any atom is -0.357 e. The molecule has 0 amide bonds. The first-order chi connectivity index (χ1) is 19.9. The molecule has 1 aliphatic heterocycles. The van der Waals surface area contributed by atoms with Crippen LogP contribution in [0.3, 0.4) is 0 Å². The normalized spacial score (nSPS) is 15.1. The fourth-order valence-corrected chi connectivity index (χ4v) is 5.45. The van der Waals surface area contributed by atoms with Crippen LogP contribution in [0.15, 0.2) is 73.6 Å². The third-order valence-electron chi connectivity index (χ3n) is 7.79. The molecule has 0 aliphatic carbocycles. The maximum absolute atomic E-state index is 13.5. The van der Waals surface area contributed by atoms with E-state index in [-0.39, 0.29) is 5.82 Å². The Morgan fingerprint density at radius 3 is 2.61 bits per heavy atom. The number of nitrogens with one attached hydrogen (secondary N) is 2. The van der Waals surface area contributed by atoms with Crippen LogP contribution < -0.4 is 10.6 Å². The number of hydrogen-bond acceptors (Lipinski definition) is 3. The van der Waals surface area contributed by atoms with Gasteiger partial charge in [0.25, 0.3) is 0 Å². The zero-order valence-corrected chi connectivity index (χ0v) is 24.0. The number of halogens is 1. The number of benzene rings is 1. The highest BCUT2D eigenvalue weighted by atomic mass is 19.1. The molecule has 3 aromatic heterocycles. The summed E-state index contributed by atoms with van der Waals surface area (Å²) in [7, 11) is 0. The van der Waals surface area contributed by atoms with Gasteiger partial charge in [0.15, 0.2) is 0 Å². The molecular weight excluding hydrogens is 509 g/mol. The number of hydrogen-bond donors (Lipinski definition) is 2. The van der Waals surface area contributed by atoms with Crippen molar-refractivity contribution in [3.05, 3.63) is 118 Å². The van der Waals surface area contributed by atoms with Crippen LogP contribution in [0, 0.1) is 12.7 Å². The number of aromatic nitrogens is 4. The first-order valence-electron chi connectivity index (χ1n) is 14.3. The standard InChI is InChI=1S/C35H38FN5/c1-5-9-31(28-12-14-30(36)15-13-28)32-21-34(38-26(32)4)35-25(3)33(39-40-35)16-11-24(2)29-20-27(22-37-23-29)10-8-19-41-17-6-7-18-41/h5,9,11-16,20-23,38-39H,1,3,6-8,10,17-19H2,2,4H3/b24-11+,31-9-,33-16+. The van der Waals surface area contributed by atoms with Crippen molar-refractivity contribution in [1.82, 2.24) is 25.1 Å². The number of aryl methyl sites for hydroxylation is 2. The number of rotatable bonds is 10. The molecule has 0 atom stereocenters. The quantitative estimate of drug-likeness (QED) is 0.233. The molecule has 210 valence electrons. The van der Waals surface area contributed by atoms with E-state index in [1.165, 1.54) is 50.2 Å². The second kappa shape index (κ2) is 12.9. The highest BCUT2D eigenvalue weighted by Crippen LogP contribution is 2.29. The molecule has 0 saturated carbocycles. The van der Waals surface area contributed by atoms with Crippen molar-refractivity contribution >= 4 is 23.8 Å². The minimum atomic E-state index is -0.263. The zero-order chi connectivity index (χ0) is 28.8. The summed E-state index contributed by atoms with van der Waals surface area (Å²) in [6, 6.07) is 10.8. The Morgan fingerprint density at radius 2 is 1.85 bits per heavy atom. The molecule has 4 aromatic rings. The average molecular weight is 548 g/mol. The van der Waals surface area contributed by atoms with Gasteiger partial charge < -0.3 is 9.88 Å². The Kier molecular flexibility index (Phi) is 8.90. The lowest BCUT2D eigenvalue weighted by Crippen LogP contribution is -2.21. The number of aromatic amines is 2. The molecule has 5 nitrogen and oxygen atoms in total. The van der Waals surface area contributed by atoms with Crippen molar-refractivity contribution in [2.45, 2.75) is 39.5 Å². The molecule has 41 heavy (non-hydrogen) atoms. The largest absolute Gasteiger partial charge is 0.357 e. The summed E-state index contributed by atoms with van der Waals surface area (Å²) in [5.74, 6) is -0.263. The Bertz CT molecular complexity index is 1680. The van der Waals surface area contributed by atoms with E-state index >= 15 is 0 Å². The van der Waals surface area contributed by atoms with Gasteiger partial charge in [-0.05, 0) is 117 Å². The van der Waals surface area contributed by atoms with Crippen LogP contribution in [-0.4, -0.2) is 44.7 Å². The maximum atomic E-state index is 13.5. The van der Waals surface area contributed by atoms with Gasteiger partial charge in [-0.2, -0.15) is 5.10 Å². The van der Waals surface area contributed by atoms with E-state index in [2.05, 4.69) is 63.4 Å². The number of H-pyrrole nitrogens is 2. The molecule has 1 aliphatic rings. The summed E-state index contributed by atoms with van der Waals surface area (Å²) in [5, 5.41) is 9.38. The van der Waals surface area contributed by atoms with Gasteiger partial charge in [0.1, 0.15) is 11.5 Å². The van der Waals surface area contributed by atoms with Crippen molar-refractivity contribution in [3.8, 4) is 11.4 Å². The monoisotopic (exact) mass is 547 g/mol. The van der Waals surface area contributed by atoms with E-state index in [9.17, 15) is 4.39 Å². The molecule has 0 unspecified atom stereocenters. The molecule has 4 heterocycles. The van der Waals surface area contributed by atoms with Crippen LogP contribution >= 0.6 is 0 Å². The average Bonchev–Trinajstić information content (AvgIpc) is 3.72. The smallest absolute Gasteiger partial charge is 0.123 e. The Morgan fingerprint density at radius 1 is 1.07 bits per heavy atom. The van der Waals surface area contributed by atoms with Crippen LogP contribution in [0.2, 0.25) is 0 Å². The fourth-order valence-electron chi connectivity index (χ4n) is 5.45. The minimum absolute atomic E-state index is 0.263. The summed E-state index contributed by atoms with van der Waals surface area (Å²) in [5.41, 5.74) is 9.01. The van der Waals surface area contributed by atoms with Gasteiger partial charge in [0.05, 0.1) is 11.0 Å². The maximum Gasteiger partial charge on any atom is 0.123 e. The SMILES string of the molecule is C=C/C=C(/c1ccc(F)cc1)c1cc(-c2n[nH]/c(=C/C=C(\C)c3cncc(CCCN4CCCC4)c3)c2=C)[nH]c1C. The van der Waals surface area contributed by atoms with Crippen molar-refractivity contribution in [2.24, 2.45) is 0 Å². The van der Waals surface area contributed by atoms with Crippen LogP contribution in [0.25, 0.3) is 35.2 Å². The number of pyridine rings is 1. The molecule has 0 bridgehead atoms. The lowest BCUT2D eigenvalue weighted by atomic mass is 9.97. The van der Waals surface area contributed by atoms with E-state index in [4.69, 9.17) is 0 Å². The molecule has 1 saturated heterocycles. The summed E-state index contributed by atoms with van der Waals surface area (Å²) < 4.78 is 13.5. The van der Waals surface area contributed by atoms with Crippen LogP contribution in [0.4, 0.5) is 4.39 Å². The fraction of sp³-hybridized carbons (Fsp3) is 0.257. The summed E-state index contributed by atoms with van der Waals surface area (Å²) in [6.07, 6.45) is 16.6. The first-order valence-corrected chi connectivity index (χ1v) is 14.3. The molecule has 5 rings (SSSR count). The molecule has 1 aromatic carbocycles. The predicted molar refractivity (Wildman–Crippen MR) is 168 cm³/mol. The molecule has 2 N–H and O–H groups in total. The van der Waals surface area contributed by atoms with E-state index in [1.807, 2.05) is 31.5 Å². The molecule has 0 radical (unpaired) electrons.